The van der Waals surface area contributed by atoms with Crippen LogP contribution < -0.4 is 0 Å². The molecule has 2 rings (SSSR count). The summed E-state index contributed by atoms with van der Waals surface area (Å²) in [5.74, 6) is 0.747. The lowest BCUT2D eigenvalue weighted by Gasteiger charge is -2.30. The molecule has 0 saturated carbocycles. The number of hydrogen-bond donors (Lipinski definition) is 0. The number of halogens is 1. The second-order valence-electron chi connectivity index (χ2n) is 4.35. The SMILES string of the molecule is CCOC(=O)C=C1SCCCN1Cc1ccc(Cl)nc1. The molecule has 1 aromatic heterocycles. The summed E-state index contributed by atoms with van der Waals surface area (Å²) in [7, 11) is 0. The van der Waals surface area contributed by atoms with Gasteiger partial charge in [-0.2, -0.15) is 0 Å². The maximum Gasteiger partial charge on any atom is 0.333 e. The van der Waals surface area contributed by atoms with E-state index >= 15 is 0 Å². The zero-order chi connectivity index (χ0) is 14.4. The highest BCUT2D eigenvalue weighted by atomic mass is 35.5. The first kappa shape index (κ1) is 15.2. The van der Waals surface area contributed by atoms with Crippen LogP contribution in [-0.2, 0) is 16.1 Å². The van der Waals surface area contributed by atoms with Gasteiger partial charge in [0.15, 0.2) is 0 Å². The average molecular weight is 313 g/mol. The molecule has 4 nitrogen and oxygen atoms in total. The minimum Gasteiger partial charge on any atom is -0.463 e. The Morgan fingerprint density at radius 1 is 1.60 bits per heavy atom. The van der Waals surface area contributed by atoms with Crippen LogP contribution in [0.1, 0.15) is 18.9 Å². The molecule has 0 aromatic carbocycles. The summed E-state index contributed by atoms with van der Waals surface area (Å²) in [5.41, 5.74) is 1.08. The summed E-state index contributed by atoms with van der Waals surface area (Å²) in [6.45, 7) is 3.86. The monoisotopic (exact) mass is 312 g/mol. The van der Waals surface area contributed by atoms with Crippen molar-refractivity contribution in [2.45, 2.75) is 19.9 Å². The third-order valence-corrected chi connectivity index (χ3v) is 4.21. The maximum atomic E-state index is 11.6. The van der Waals surface area contributed by atoms with E-state index in [-0.39, 0.29) is 5.97 Å². The number of aromatic nitrogens is 1. The molecule has 1 aliphatic rings. The highest BCUT2D eigenvalue weighted by Gasteiger charge is 2.17. The summed E-state index contributed by atoms with van der Waals surface area (Å²) in [6.07, 6.45) is 4.45. The summed E-state index contributed by atoms with van der Waals surface area (Å²) in [6, 6.07) is 3.74. The van der Waals surface area contributed by atoms with E-state index in [1.54, 1.807) is 30.1 Å². The number of nitrogens with zero attached hydrogens (tertiary/aromatic N) is 2. The van der Waals surface area contributed by atoms with Gasteiger partial charge in [0.05, 0.1) is 17.7 Å². The number of pyridine rings is 1. The van der Waals surface area contributed by atoms with Crippen LogP contribution in [0.3, 0.4) is 0 Å². The predicted octanol–water partition coefficient (Wildman–Crippen LogP) is 3.08. The van der Waals surface area contributed by atoms with E-state index in [0.29, 0.717) is 11.8 Å². The zero-order valence-corrected chi connectivity index (χ0v) is 12.9. The van der Waals surface area contributed by atoms with Gasteiger partial charge >= 0.3 is 5.97 Å². The second kappa shape index (κ2) is 7.55. The molecular formula is C14H17ClN2O2S. The van der Waals surface area contributed by atoms with Gasteiger partial charge in [-0.1, -0.05) is 17.7 Å². The van der Waals surface area contributed by atoms with Crippen molar-refractivity contribution in [2.75, 3.05) is 18.9 Å². The summed E-state index contributed by atoms with van der Waals surface area (Å²) in [4.78, 5) is 17.8. The highest BCUT2D eigenvalue weighted by molar-refractivity contribution is 8.03. The molecule has 0 amide bonds. The molecule has 0 bridgehead atoms. The first-order chi connectivity index (χ1) is 9.69. The van der Waals surface area contributed by atoms with Crippen molar-refractivity contribution in [3.8, 4) is 0 Å². The van der Waals surface area contributed by atoms with Gasteiger partial charge in [0.25, 0.3) is 0 Å². The minimum atomic E-state index is -0.281. The molecule has 6 heteroatoms. The van der Waals surface area contributed by atoms with Gasteiger partial charge in [-0.15, -0.1) is 11.8 Å². The van der Waals surface area contributed by atoms with Gasteiger partial charge in [0.2, 0.25) is 0 Å². The fraction of sp³-hybridized carbons (Fsp3) is 0.429. The Hall–Kier alpha value is -1.20. The quantitative estimate of drug-likeness (QED) is 0.485. The normalized spacial score (nSPS) is 17.3. The molecule has 0 N–H and O–H groups in total. The molecule has 0 aliphatic carbocycles. The Kier molecular flexibility index (Phi) is 5.73. The lowest BCUT2D eigenvalue weighted by Crippen LogP contribution is -2.27. The van der Waals surface area contributed by atoms with Gasteiger partial charge in [-0.05, 0) is 25.0 Å². The summed E-state index contributed by atoms with van der Waals surface area (Å²) < 4.78 is 4.97. The van der Waals surface area contributed by atoms with E-state index in [0.717, 1.165) is 35.9 Å². The molecular weight excluding hydrogens is 296 g/mol. The molecule has 1 aromatic rings. The van der Waals surface area contributed by atoms with Crippen LogP contribution in [0, 0.1) is 0 Å². The first-order valence-electron chi connectivity index (χ1n) is 6.55. The van der Waals surface area contributed by atoms with Gasteiger partial charge in [-0.25, -0.2) is 9.78 Å². The van der Waals surface area contributed by atoms with Gasteiger partial charge < -0.3 is 9.64 Å². The molecule has 1 saturated heterocycles. The Balaban J connectivity index is 2.06. The van der Waals surface area contributed by atoms with Crippen LogP contribution in [-0.4, -0.2) is 34.8 Å². The van der Waals surface area contributed by atoms with Gasteiger partial charge in [0, 0.05) is 25.0 Å². The highest BCUT2D eigenvalue weighted by Crippen LogP contribution is 2.28. The van der Waals surface area contributed by atoms with Crippen molar-refractivity contribution >= 4 is 29.3 Å². The van der Waals surface area contributed by atoms with Gasteiger partial charge in [-0.3, -0.25) is 0 Å². The number of esters is 1. The van der Waals surface area contributed by atoms with Crippen molar-refractivity contribution < 1.29 is 9.53 Å². The number of carbonyl (C=O) groups excluding carboxylic acids is 1. The molecule has 1 fully saturated rings. The van der Waals surface area contributed by atoms with E-state index in [9.17, 15) is 4.79 Å². The molecule has 0 spiro atoms. The van der Waals surface area contributed by atoms with Crippen LogP contribution in [0.25, 0.3) is 0 Å². The molecule has 1 aliphatic heterocycles. The molecule has 108 valence electrons. The Morgan fingerprint density at radius 3 is 3.15 bits per heavy atom. The lowest BCUT2D eigenvalue weighted by molar-refractivity contribution is -0.137. The van der Waals surface area contributed by atoms with E-state index in [1.807, 2.05) is 13.0 Å². The minimum absolute atomic E-state index is 0.281. The predicted molar refractivity (Wildman–Crippen MR) is 81.4 cm³/mol. The van der Waals surface area contributed by atoms with Crippen molar-refractivity contribution in [1.29, 1.82) is 0 Å². The largest absolute Gasteiger partial charge is 0.463 e. The maximum absolute atomic E-state index is 11.6. The third kappa shape index (κ3) is 4.42. The molecule has 0 radical (unpaired) electrons. The van der Waals surface area contributed by atoms with Crippen molar-refractivity contribution in [3.05, 3.63) is 40.2 Å². The van der Waals surface area contributed by atoms with Crippen LogP contribution in [0.2, 0.25) is 5.15 Å². The van der Waals surface area contributed by atoms with Crippen molar-refractivity contribution in [2.24, 2.45) is 0 Å². The number of ether oxygens (including phenoxy) is 1. The number of thioether (sulfide) groups is 1. The number of carbonyl (C=O) groups is 1. The van der Waals surface area contributed by atoms with E-state index in [4.69, 9.17) is 16.3 Å². The van der Waals surface area contributed by atoms with Crippen LogP contribution in [0.15, 0.2) is 29.4 Å². The first-order valence-corrected chi connectivity index (χ1v) is 7.92. The topological polar surface area (TPSA) is 42.4 Å². The zero-order valence-electron chi connectivity index (χ0n) is 11.3. The summed E-state index contributed by atoms with van der Waals surface area (Å²) in [5, 5.41) is 1.45. The molecule has 0 unspecified atom stereocenters. The van der Waals surface area contributed by atoms with E-state index in [1.165, 1.54) is 0 Å². The Morgan fingerprint density at radius 2 is 2.45 bits per heavy atom. The fourth-order valence-corrected chi connectivity index (χ4v) is 3.04. The van der Waals surface area contributed by atoms with Crippen molar-refractivity contribution in [1.82, 2.24) is 9.88 Å². The Labute approximate surface area is 128 Å². The average Bonchev–Trinajstić information content (AvgIpc) is 2.44. The van der Waals surface area contributed by atoms with Crippen LogP contribution in [0.5, 0.6) is 0 Å². The lowest BCUT2D eigenvalue weighted by atomic mass is 10.2. The molecule has 2 heterocycles. The van der Waals surface area contributed by atoms with Crippen LogP contribution in [0.4, 0.5) is 0 Å². The molecule has 20 heavy (non-hydrogen) atoms. The standard InChI is InChI=1S/C14H17ClN2O2S/c1-2-19-14(18)8-13-17(6-3-7-20-13)10-11-4-5-12(15)16-9-11/h4-5,8-9H,2-3,6-7,10H2,1H3. The van der Waals surface area contributed by atoms with Gasteiger partial charge in [0.1, 0.15) is 5.15 Å². The number of rotatable bonds is 4. The van der Waals surface area contributed by atoms with E-state index in [2.05, 4.69) is 9.88 Å². The van der Waals surface area contributed by atoms with Crippen molar-refractivity contribution in [3.63, 3.8) is 0 Å². The summed E-state index contributed by atoms with van der Waals surface area (Å²) >= 11 is 7.47. The second-order valence-corrected chi connectivity index (χ2v) is 5.85. The smallest absolute Gasteiger partial charge is 0.333 e. The third-order valence-electron chi connectivity index (χ3n) is 2.82. The Bertz CT molecular complexity index is 490. The van der Waals surface area contributed by atoms with E-state index < -0.39 is 0 Å². The van der Waals surface area contributed by atoms with Crippen LogP contribution >= 0.6 is 23.4 Å². The fourth-order valence-electron chi connectivity index (χ4n) is 1.93. The molecule has 0 atom stereocenters. The number of hydrogen-bond acceptors (Lipinski definition) is 5.